The largest absolute Gasteiger partial charge is 0.355 e. The first-order valence-corrected chi connectivity index (χ1v) is 6.21. The van der Waals surface area contributed by atoms with E-state index in [0.29, 0.717) is 29.8 Å². The van der Waals surface area contributed by atoms with E-state index in [1.807, 2.05) is 6.07 Å². The van der Waals surface area contributed by atoms with Crippen LogP contribution in [0.4, 0.5) is 0 Å². The molecule has 2 heterocycles. The lowest BCUT2D eigenvalue weighted by molar-refractivity contribution is -0.120. The molecule has 0 saturated carbocycles. The molecule has 92 valence electrons. The Balaban J connectivity index is 2.02. The van der Waals surface area contributed by atoms with Gasteiger partial charge >= 0.3 is 0 Å². The highest BCUT2D eigenvalue weighted by atomic mass is 35.5. The molecule has 1 aromatic rings. The third-order valence-corrected chi connectivity index (χ3v) is 3.23. The van der Waals surface area contributed by atoms with Crippen molar-refractivity contribution < 1.29 is 4.79 Å². The predicted molar refractivity (Wildman–Crippen MR) is 67.2 cm³/mol. The second-order valence-corrected chi connectivity index (χ2v) is 4.71. The van der Waals surface area contributed by atoms with E-state index in [2.05, 4.69) is 15.2 Å². The Labute approximate surface area is 110 Å². The van der Waals surface area contributed by atoms with Crippen LogP contribution in [0, 0.1) is 0 Å². The first-order chi connectivity index (χ1) is 8.15. The summed E-state index contributed by atoms with van der Waals surface area (Å²) in [6.45, 7) is 2.94. The van der Waals surface area contributed by atoms with Crippen molar-refractivity contribution in [1.82, 2.24) is 15.2 Å². The van der Waals surface area contributed by atoms with Gasteiger partial charge in [-0.25, -0.2) is 4.98 Å². The first kappa shape index (κ1) is 12.6. The van der Waals surface area contributed by atoms with Crippen LogP contribution in [0.15, 0.2) is 12.1 Å². The van der Waals surface area contributed by atoms with Crippen LogP contribution in [-0.2, 0) is 11.3 Å². The van der Waals surface area contributed by atoms with Crippen molar-refractivity contribution in [3.63, 3.8) is 0 Å². The third-order valence-electron chi connectivity index (χ3n) is 2.69. The highest BCUT2D eigenvalue weighted by Gasteiger charge is 2.14. The fourth-order valence-electron chi connectivity index (χ4n) is 1.77. The Hall–Kier alpha value is -0.840. The normalized spacial score (nSPS) is 17.6. The molecule has 0 spiro atoms. The van der Waals surface area contributed by atoms with Crippen LogP contribution >= 0.6 is 23.2 Å². The van der Waals surface area contributed by atoms with Gasteiger partial charge in [0.05, 0.1) is 0 Å². The number of rotatable bonds is 2. The number of aromatic nitrogens is 1. The van der Waals surface area contributed by atoms with E-state index in [0.717, 1.165) is 18.7 Å². The first-order valence-electron chi connectivity index (χ1n) is 5.45. The molecular weight excluding hydrogens is 261 g/mol. The lowest BCUT2D eigenvalue weighted by Gasteiger charge is -2.19. The standard InChI is InChI=1S/C11H13Cl2N3O/c12-9-2-1-8(11(13)15-9)7-16-5-3-10(17)14-4-6-16/h1-2H,3-7H2,(H,14,17). The number of nitrogens with one attached hydrogen (secondary N) is 1. The van der Waals surface area contributed by atoms with E-state index >= 15 is 0 Å². The quantitative estimate of drug-likeness (QED) is 0.835. The zero-order valence-electron chi connectivity index (χ0n) is 9.25. The second-order valence-electron chi connectivity index (χ2n) is 3.96. The van der Waals surface area contributed by atoms with Crippen molar-refractivity contribution in [2.45, 2.75) is 13.0 Å². The van der Waals surface area contributed by atoms with Crippen LogP contribution < -0.4 is 5.32 Å². The third kappa shape index (κ3) is 3.56. The molecule has 0 atom stereocenters. The summed E-state index contributed by atoms with van der Waals surface area (Å²) in [7, 11) is 0. The molecule has 17 heavy (non-hydrogen) atoms. The Bertz CT molecular complexity index is 425. The lowest BCUT2D eigenvalue weighted by Crippen LogP contribution is -2.28. The van der Waals surface area contributed by atoms with Gasteiger partial charge in [0.2, 0.25) is 5.91 Å². The Morgan fingerprint density at radius 1 is 1.35 bits per heavy atom. The molecular formula is C11H13Cl2N3O. The Morgan fingerprint density at radius 3 is 2.94 bits per heavy atom. The molecule has 0 aromatic carbocycles. The predicted octanol–water partition coefficient (Wildman–Crippen LogP) is 1.71. The van der Waals surface area contributed by atoms with Gasteiger partial charge in [-0.05, 0) is 6.07 Å². The van der Waals surface area contributed by atoms with Crippen molar-refractivity contribution >= 4 is 29.1 Å². The SMILES string of the molecule is O=C1CCN(Cc2ccc(Cl)nc2Cl)CCN1. The van der Waals surface area contributed by atoms with Gasteiger partial charge in [0.1, 0.15) is 10.3 Å². The number of pyridine rings is 1. The monoisotopic (exact) mass is 273 g/mol. The van der Waals surface area contributed by atoms with E-state index in [4.69, 9.17) is 23.2 Å². The molecule has 0 unspecified atom stereocenters. The van der Waals surface area contributed by atoms with E-state index < -0.39 is 0 Å². The molecule has 0 aliphatic carbocycles. The van der Waals surface area contributed by atoms with E-state index in [1.54, 1.807) is 6.07 Å². The molecule has 1 amide bonds. The van der Waals surface area contributed by atoms with Crippen LogP contribution in [0.25, 0.3) is 0 Å². The van der Waals surface area contributed by atoms with Gasteiger partial charge in [-0.1, -0.05) is 29.3 Å². The fourth-order valence-corrected chi connectivity index (χ4v) is 2.18. The van der Waals surface area contributed by atoms with Crippen LogP contribution in [0.1, 0.15) is 12.0 Å². The van der Waals surface area contributed by atoms with Gasteiger partial charge in [0, 0.05) is 38.2 Å². The van der Waals surface area contributed by atoms with Crippen molar-refractivity contribution in [3.8, 4) is 0 Å². The fraction of sp³-hybridized carbons (Fsp3) is 0.455. The second kappa shape index (κ2) is 5.67. The van der Waals surface area contributed by atoms with Crippen molar-refractivity contribution in [2.24, 2.45) is 0 Å². The maximum absolute atomic E-state index is 11.2. The van der Waals surface area contributed by atoms with E-state index in [1.165, 1.54) is 0 Å². The molecule has 1 saturated heterocycles. The summed E-state index contributed by atoms with van der Waals surface area (Å²) in [6, 6.07) is 3.60. The van der Waals surface area contributed by atoms with Gasteiger partial charge in [0.25, 0.3) is 0 Å². The maximum atomic E-state index is 11.2. The zero-order chi connectivity index (χ0) is 12.3. The molecule has 1 N–H and O–H groups in total. The summed E-state index contributed by atoms with van der Waals surface area (Å²) in [4.78, 5) is 17.4. The average molecular weight is 274 g/mol. The molecule has 1 fully saturated rings. The van der Waals surface area contributed by atoms with Gasteiger partial charge in [-0.3, -0.25) is 9.69 Å². The van der Waals surface area contributed by atoms with Gasteiger partial charge < -0.3 is 5.32 Å². The van der Waals surface area contributed by atoms with Crippen molar-refractivity contribution in [2.75, 3.05) is 19.6 Å². The molecule has 0 bridgehead atoms. The zero-order valence-corrected chi connectivity index (χ0v) is 10.8. The molecule has 1 aliphatic heterocycles. The van der Waals surface area contributed by atoms with Crippen LogP contribution in [0.3, 0.4) is 0 Å². The van der Waals surface area contributed by atoms with Crippen LogP contribution in [-0.4, -0.2) is 35.4 Å². The topological polar surface area (TPSA) is 45.2 Å². The number of carbonyl (C=O) groups is 1. The minimum absolute atomic E-state index is 0.104. The minimum Gasteiger partial charge on any atom is -0.355 e. The average Bonchev–Trinajstić information content (AvgIpc) is 2.48. The van der Waals surface area contributed by atoms with Crippen LogP contribution in [0.5, 0.6) is 0 Å². The Kier molecular flexibility index (Phi) is 4.20. The number of carbonyl (C=O) groups excluding carboxylic acids is 1. The smallest absolute Gasteiger partial charge is 0.221 e. The molecule has 2 rings (SSSR count). The number of hydrogen-bond acceptors (Lipinski definition) is 3. The molecule has 4 nitrogen and oxygen atoms in total. The highest BCUT2D eigenvalue weighted by molar-refractivity contribution is 6.32. The van der Waals surface area contributed by atoms with Crippen LogP contribution in [0.2, 0.25) is 10.3 Å². The van der Waals surface area contributed by atoms with Gasteiger partial charge in [-0.2, -0.15) is 0 Å². The summed E-state index contributed by atoms with van der Waals surface area (Å²) < 4.78 is 0. The molecule has 6 heteroatoms. The van der Waals surface area contributed by atoms with Gasteiger partial charge in [-0.15, -0.1) is 0 Å². The van der Waals surface area contributed by atoms with E-state index in [9.17, 15) is 4.79 Å². The number of hydrogen-bond donors (Lipinski definition) is 1. The lowest BCUT2D eigenvalue weighted by atomic mass is 10.2. The number of amides is 1. The number of nitrogens with zero attached hydrogens (tertiary/aromatic N) is 2. The number of halogens is 2. The summed E-state index contributed by atoms with van der Waals surface area (Å²) in [5.74, 6) is 0.104. The summed E-state index contributed by atoms with van der Waals surface area (Å²) in [5, 5.41) is 3.66. The maximum Gasteiger partial charge on any atom is 0.221 e. The van der Waals surface area contributed by atoms with Crippen molar-refractivity contribution in [3.05, 3.63) is 28.0 Å². The van der Waals surface area contributed by atoms with Gasteiger partial charge in [0.15, 0.2) is 0 Å². The highest BCUT2D eigenvalue weighted by Crippen LogP contribution is 2.18. The van der Waals surface area contributed by atoms with Crippen molar-refractivity contribution in [1.29, 1.82) is 0 Å². The van der Waals surface area contributed by atoms with E-state index in [-0.39, 0.29) is 5.91 Å². The molecule has 1 aliphatic rings. The molecule has 1 aromatic heterocycles. The molecule has 0 radical (unpaired) electrons. The summed E-state index contributed by atoms with van der Waals surface area (Å²) in [5.41, 5.74) is 0.936. The Morgan fingerprint density at radius 2 is 2.18 bits per heavy atom. The minimum atomic E-state index is 0.104. The summed E-state index contributed by atoms with van der Waals surface area (Å²) >= 11 is 11.8. The summed E-state index contributed by atoms with van der Waals surface area (Å²) in [6.07, 6.45) is 0.526.